The second-order valence-electron chi connectivity index (χ2n) is 5.46. The third-order valence-electron chi connectivity index (χ3n) is 3.34. The van der Waals surface area contributed by atoms with Gasteiger partial charge in [0.05, 0.1) is 12.5 Å². The largest absolute Gasteiger partial charge is 0.343 e. The number of rotatable bonds is 6. The van der Waals surface area contributed by atoms with E-state index in [9.17, 15) is 18.4 Å². The minimum Gasteiger partial charge on any atom is -0.343 e. The summed E-state index contributed by atoms with van der Waals surface area (Å²) < 4.78 is 27.3. The van der Waals surface area contributed by atoms with Crippen LogP contribution in [0.15, 0.2) is 18.2 Å². The lowest BCUT2D eigenvalue weighted by molar-refractivity contribution is -0.132. The third kappa shape index (κ3) is 4.74. The summed E-state index contributed by atoms with van der Waals surface area (Å²) in [6, 6.07) is 4.09. The zero-order valence-corrected chi connectivity index (χ0v) is 13.3. The van der Waals surface area contributed by atoms with Crippen molar-refractivity contribution in [1.29, 1.82) is 5.26 Å². The molecule has 0 fully saturated rings. The number of nitriles is 1. The van der Waals surface area contributed by atoms with E-state index >= 15 is 0 Å². The summed E-state index contributed by atoms with van der Waals surface area (Å²) in [6.45, 7) is 3.62. The van der Waals surface area contributed by atoms with Crippen LogP contribution in [0.3, 0.4) is 0 Å². The normalized spacial score (nSPS) is 11.7. The fraction of sp³-hybridized carbons (Fsp3) is 0.438. The number of hydrogen-bond donors (Lipinski definition) is 1. The number of carbonyl (C=O) groups excluding carboxylic acids is 2. The maximum atomic E-state index is 13.6. The fourth-order valence-corrected chi connectivity index (χ4v) is 2.01. The third-order valence-corrected chi connectivity index (χ3v) is 3.34. The molecule has 0 aliphatic heterocycles. The minimum absolute atomic E-state index is 0.156. The van der Waals surface area contributed by atoms with Gasteiger partial charge in [0, 0.05) is 13.6 Å². The van der Waals surface area contributed by atoms with Gasteiger partial charge in [-0.05, 0) is 18.1 Å². The minimum atomic E-state index is -0.990. The van der Waals surface area contributed by atoms with Gasteiger partial charge in [0.2, 0.25) is 5.91 Å². The van der Waals surface area contributed by atoms with Crippen molar-refractivity contribution in [2.75, 3.05) is 13.6 Å². The molecular formula is C16H19F2N3O2. The first-order chi connectivity index (χ1) is 10.8. The molecule has 7 heteroatoms. The van der Waals surface area contributed by atoms with Crippen LogP contribution in [0.2, 0.25) is 0 Å². The van der Waals surface area contributed by atoms with Crippen LogP contribution in [-0.2, 0) is 4.79 Å². The average molecular weight is 323 g/mol. The molecule has 1 rings (SSSR count). The summed E-state index contributed by atoms with van der Waals surface area (Å²) >= 11 is 0. The zero-order valence-electron chi connectivity index (χ0n) is 13.3. The Morgan fingerprint density at radius 2 is 1.87 bits per heavy atom. The van der Waals surface area contributed by atoms with E-state index in [0.29, 0.717) is 0 Å². The predicted molar refractivity (Wildman–Crippen MR) is 80.3 cm³/mol. The monoisotopic (exact) mass is 323 g/mol. The van der Waals surface area contributed by atoms with E-state index in [1.165, 1.54) is 11.9 Å². The molecule has 2 amide bonds. The number of likely N-dealkylation sites (N-methyl/N-ethyl adjacent to an activating group) is 1. The molecule has 0 spiro atoms. The Kier molecular flexibility index (Phi) is 6.64. The van der Waals surface area contributed by atoms with Crippen LogP contribution in [0.4, 0.5) is 8.78 Å². The fourth-order valence-electron chi connectivity index (χ4n) is 2.01. The van der Waals surface area contributed by atoms with Gasteiger partial charge < -0.3 is 10.2 Å². The molecular weight excluding hydrogens is 304 g/mol. The van der Waals surface area contributed by atoms with E-state index in [1.807, 2.05) is 6.07 Å². The second kappa shape index (κ2) is 8.22. The molecule has 0 aliphatic rings. The Morgan fingerprint density at radius 1 is 1.30 bits per heavy atom. The van der Waals surface area contributed by atoms with Gasteiger partial charge in [0.25, 0.3) is 5.91 Å². The van der Waals surface area contributed by atoms with Crippen molar-refractivity contribution in [3.63, 3.8) is 0 Å². The highest BCUT2D eigenvalue weighted by atomic mass is 19.1. The lowest BCUT2D eigenvalue weighted by Gasteiger charge is -2.26. The van der Waals surface area contributed by atoms with E-state index in [-0.39, 0.29) is 18.9 Å². The quantitative estimate of drug-likeness (QED) is 0.871. The molecule has 0 saturated heterocycles. The van der Waals surface area contributed by atoms with Crippen LogP contribution in [0.1, 0.15) is 30.6 Å². The molecule has 0 saturated carbocycles. The summed E-state index contributed by atoms with van der Waals surface area (Å²) in [5.41, 5.74) is -0.717. The van der Waals surface area contributed by atoms with E-state index in [4.69, 9.17) is 5.26 Å². The van der Waals surface area contributed by atoms with E-state index in [2.05, 4.69) is 5.32 Å². The molecule has 1 aromatic rings. The number of nitrogens with zero attached hydrogens (tertiary/aromatic N) is 2. The number of nitrogens with one attached hydrogen (secondary N) is 1. The van der Waals surface area contributed by atoms with Crippen LogP contribution < -0.4 is 5.32 Å². The first-order valence-electron chi connectivity index (χ1n) is 7.16. The predicted octanol–water partition coefficient (Wildman–Crippen LogP) is 2.09. The van der Waals surface area contributed by atoms with Crippen LogP contribution in [-0.4, -0.2) is 36.3 Å². The van der Waals surface area contributed by atoms with Crippen molar-refractivity contribution in [2.24, 2.45) is 5.92 Å². The van der Waals surface area contributed by atoms with Crippen molar-refractivity contribution >= 4 is 11.8 Å². The summed E-state index contributed by atoms with van der Waals surface area (Å²) in [7, 11) is 1.50. The van der Waals surface area contributed by atoms with E-state index in [0.717, 1.165) is 18.2 Å². The standard InChI is InChI=1S/C16H19F2N3O2/c1-10(2)14(16(23)21(3)9-5-8-19)20-15(22)13-11(17)6-4-7-12(13)18/h4,6-7,10,14H,5,9H2,1-3H3,(H,20,22). The average Bonchev–Trinajstić information content (AvgIpc) is 2.49. The van der Waals surface area contributed by atoms with Crippen LogP contribution in [0.5, 0.6) is 0 Å². The van der Waals surface area contributed by atoms with Gasteiger partial charge in [-0.2, -0.15) is 5.26 Å². The van der Waals surface area contributed by atoms with Crippen molar-refractivity contribution < 1.29 is 18.4 Å². The van der Waals surface area contributed by atoms with Crippen molar-refractivity contribution in [3.8, 4) is 6.07 Å². The van der Waals surface area contributed by atoms with Crippen molar-refractivity contribution in [3.05, 3.63) is 35.4 Å². The van der Waals surface area contributed by atoms with Gasteiger partial charge >= 0.3 is 0 Å². The smallest absolute Gasteiger partial charge is 0.257 e. The Balaban J connectivity index is 2.94. The lowest BCUT2D eigenvalue weighted by Crippen LogP contribution is -2.50. The summed E-state index contributed by atoms with van der Waals surface area (Å²) in [5.74, 6) is -3.67. The molecule has 0 bridgehead atoms. The van der Waals surface area contributed by atoms with Gasteiger partial charge in [0.1, 0.15) is 23.2 Å². The molecule has 23 heavy (non-hydrogen) atoms. The molecule has 0 radical (unpaired) electrons. The number of hydrogen-bond acceptors (Lipinski definition) is 3. The summed E-state index contributed by atoms with van der Waals surface area (Å²) in [4.78, 5) is 25.8. The number of amides is 2. The Morgan fingerprint density at radius 3 is 2.35 bits per heavy atom. The Labute approximate surface area is 133 Å². The molecule has 1 unspecified atom stereocenters. The molecule has 124 valence electrons. The van der Waals surface area contributed by atoms with Crippen molar-refractivity contribution in [2.45, 2.75) is 26.3 Å². The molecule has 1 atom stereocenters. The molecule has 1 aromatic carbocycles. The lowest BCUT2D eigenvalue weighted by atomic mass is 10.0. The topological polar surface area (TPSA) is 73.2 Å². The van der Waals surface area contributed by atoms with Crippen molar-refractivity contribution in [1.82, 2.24) is 10.2 Å². The Hall–Kier alpha value is -2.49. The number of halogens is 2. The van der Waals surface area contributed by atoms with Crippen LogP contribution in [0, 0.1) is 28.9 Å². The SMILES string of the molecule is CC(C)C(NC(=O)c1c(F)cccc1F)C(=O)N(C)CCC#N. The van der Waals surface area contributed by atoms with Crippen LogP contribution >= 0.6 is 0 Å². The van der Waals surface area contributed by atoms with Gasteiger partial charge in [0.15, 0.2) is 0 Å². The van der Waals surface area contributed by atoms with Gasteiger partial charge in [-0.25, -0.2) is 8.78 Å². The molecule has 5 nitrogen and oxygen atoms in total. The van der Waals surface area contributed by atoms with E-state index < -0.39 is 35.1 Å². The number of carbonyl (C=O) groups is 2. The molecule has 0 aliphatic carbocycles. The highest BCUT2D eigenvalue weighted by Crippen LogP contribution is 2.14. The van der Waals surface area contributed by atoms with Gasteiger partial charge in [-0.15, -0.1) is 0 Å². The first-order valence-corrected chi connectivity index (χ1v) is 7.16. The molecule has 1 N–H and O–H groups in total. The molecule has 0 aromatic heterocycles. The van der Waals surface area contributed by atoms with Gasteiger partial charge in [-0.3, -0.25) is 9.59 Å². The van der Waals surface area contributed by atoms with E-state index in [1.54, 1.807) is 13.8 Å². The van der Waals surface area contributed by atoms with Gasteiger partial charge in [-0.1, -0.05) is 19.9 Å². The highest BCUT2D eigenvalue weighted by Gasteiger charge is 2.29. The summed E-state index contributed by atoms with van der Waals surface area (Å²) in [6.07, 6.45) is 0.156. The maximum Gasteiger partial charge on any atom is 0.257 e. The van der Waals surface area contributed by atoms with Crippen LogP contribution in [0.25, 0.3) is 0 Å². The summed E-state index contributed by atoms with van der Waals surface area (Å²) in [5, 5.41) is 10.9. The maximum absolute atomic E-state index is 13.6. The first kappa shape index (κ1) is 18.6. The number of benzene rings is 1. The molecule has 0 heterocycles. The zero-order chi connectivity index (χ0) is 17.6. The second-order valence-corrected chi connectivity index (χ2v) is 5.46. The Bertz CT molecular complexity index is 606. The highest BCUT2D eigenvalue weighted by molar-refractivity contribution is 5.98.